The van der Waals surface area contributed by atoms with Gasteiger partial charge in [0.25, 0.3) is 0 Å². The maximum Gasteiger partial charge on any atom is 0.319 e. The highest BCUT2D eigenvalue weighted by Crippen LogP contribution is 2.15. The molecule has 0 saturated carbocycles. The van der Waals surface area contributed by atoms with E-state index in [2.05, 4.69) is 21.3 Å². The molecule has 0 aliphatic heterocycles. The lowest BCUT2D eigenvalue weighted by Gasteiger charge is -2.11. The van der Waals surface area contributed by atoms with E-state index in [9.17, 15) is 18.4 Å². The zero-order valence-electron chi connectivity index (χ0n) is 18.1. The second kappa shape index (κ2) is 12.6. The van der Waals surface area contributed by atoms with E-state index in [4.69, 9.17) is 9.47 Å². The number of ether oxygens (including phenoxy) is 2. The zero-order chi connectivity index (χ0) is 24.2. The summed E-state index contributed by atoms with van der Waals surface area (Å²) in [6.07, 6.45) is 0. The summed E-state index contributed by atoms with van der Waals surface area (Å²) in [5.41, 5.74) is 0.962. The number of urea groups is 2. The Morgan fingerprint density at radius 3 is 1.47 bits per heavy atom. The first kappa shape index (κ1) is 24.3. The normalized spacial score (nSPS) is 10.2. The van der Waals surface area contributed by atoms with Crippen molar-refractivity contribution in [1.29, 1.82) is 0 Å². The van der Waals surface area contributed by atoms with Crippen LogP contribution in [0.5, 0.6) is 11.5 Å². The van der Waals surface area contributed by atoms with E-state index in [1.165, 1.54) is 48.5 Å². The monoisotopic (exact) mass is 470 g/mol. The Kier molecular flexibility index (Phi) is 9.03. The van der Waals surface area contributed by atoms with Crippen molar-refractivity contribution < 1.29 is 27.8 Å². The molecule has 0 saturated heterocycles. The van der Waals surface area contributed by atoms with Gasteiger partial charge in [-0.2, -0.15) is 0 Å². The van der Waals surface area contributed by atoms with Crippen LogP contribution in [0.1, 0.15) is 0 Å². The first-order valence-electron chi connectivity index (χ1n) is 10.4. The predicted molar refractivity (Wildman–Crippen MR) is 124 cm³/mol. The molecule has 0 unspecified atom stereocenters. The van der Waals surface area contributed by atoms with Crippen molar-refractivity contribution >= 4 is 23.4 Å². The van der Waals surface area contributed by atoms with Gasteiger partial charge in [-0.25, -0.2) is 18.4 Å². The average Bonchev–Trinajstić information content (AvgIpc) is 2.82. The lowest BCUT2D eigenvalue weighted by Crippen LogP contribution is -2.33. The minimum absolute atomic E-state index is 0.214. The van der Waals surface area contributed by atoms with Gasteiger partial charge in [0.05, 0.1) is 13.1 Å². The molecule has 0 atom stereocenters. The van der Waals surface area contributed by atoms with Crippen LogP contribution in [-0.4, -0.2) is 38.4 Å². The molecule has 0 radical (unpaired) electrons. The van der Waals surface area contributed by atoms with Crippen LogP contribution in [0.15, 0.2) is 72.8 Å². The Morgan fingerprint density at radius 1 is 0.647 bits per heavy atom. The molecule has 0 heterocycles. The van der Waals surface area contributed by atoms with Gasteiger partial charge in [0.2, 0.25) is 0 Å². The van der Waals surface area contributed by atoms with Crippen molar-refractivity contribution in [1.82, 2.24) is 10.6 Å². The Balaban J connectivity index is 1.33. The van der Waals surface area contributed by atoms with E-state index in [1.807, 2.05) is 0 Å². The Bertz CT molecular complexity index is 996. The fourth-order valence-corrected chi connectivity index (χ4v) is 2.75. The molecule has 0 aliphatic rings. The number of amides is 4. The fraction of sp³-hybridized carbons (Fsp3) is 0.167. The lowest BCUT2D eigenvalue weighted by atomic mass is 10.3. The summed E-state index contributed by atoms with van der Waals surface area (Å²) in [7, 11) is 0. The standard InChI is InChI=1S/C24H24F2N4O4/c25-17-4-8-21(9-5-17)33-14-12-27-23(31)29-19-2-1-3-20(16-19)30-24(32)28-13-15-34-22-10-6-18(26)7-11-22/h1-11,16H,12-15H2,(H2,27,29,31)(H2,28,30,32). The molecular weight excluding hydrogens is 446 g/mol. The van der Waals surface area contributed by atoms with Crippen LogP contribution >= 0.6 is 0 Å². The summed E-state index contributed by atoms with van der Waals surface area (Å²) in [6.45, 7) is 0.907. The lowest BCUT2D eigenvalue weighted by molar-refractivity contribution is 0.247. The fourth-order valence-electron chi connectivity index (χ4n) is 2.75. The van der Waals surface area contributed by atoms with Gasteiger partial charge in [-0.3, -0.25) is 0 Å². The summed E-state index contributed by atoms with van der Waals surface area (Å²) >= 11 is 0. The summed E-state index contributed by atoms with van der Waals surface area (Å²) in [6, 6.07) is 16.9. The number of hydrogen-bond donors (Lipinski definition) is 4. The number of nitrogens with one attached hydrogen (secondary N) is 4. The predicted octanol–water partition coefficient (Wildman–Crippen LogP) is 4.37. The third-order valence-electron chi connectivity index (χ3n) is 4.32. The number of halogens is 2. The third-order valence-corrected chi connectivity index (χ3v) is 4.32. The van der Waals surface area contributed by atoms with Crippen LogP contribution in [0, 0.1) is 11.6 Å². The van der Waals surface area contributed by atoms with Crippen molar-refractivity contribution in [3.05, 3.63) is 84.4 Å². The molecule has 3 aromatic carbocycles. The maximum atomic E-state index is 12.9. The van der Waals surface area contributed by atoms with Gasteiger partial charge in [-0.1, -0.05) is 6.07 Å². The third kappa shape index (κ3) is 8.65. The minimum Gasteiger partial charge on any atom is -0.492 e. The highest BCUT2D eigenvalue weighted by molar-refractivity contribution is 5.92. The average molecular weight is 470 g/mol. The van der Waals surface area contributed by atoms with Gasteiger partial charge in [-0.05, 0) is 66.7 Å². The van der Waals surface area contributed by atoms with E-state index in [-0.39, 0.29) is 37.9 Å². The molecule has 3 aromatic rings. The summed E-state index contributed by atoms with van der Waals surface area (Å²) in [5, 5.41) is 10.6. The Hall–Kier alpha value is -4.34. The molecule has 0 spiro atoms. The minimum atomic E-state index is -0.442. The Labute approximate surface area is 195 Å². The van der Waals surface area contributed by atoms with E-state index in [0.717, 1.165) is 0 Å². The summed E-state index contributed by atoms with van der Waals surface area (Å²) in [4.78, 5) is 24.1. The highest BCUT2D eigenvalue weighted by Gasteiger charge is 2.05. The molecule has 4 N–H and O–H groups in total. The molecule has 34 heavy (non-hydrogen) atoms. The van der Waals surface area contributed by atoms with Crippen molar-refractivity contribution in [3.63, 3.8) is 0 Å². The van der Waals surface area contributed by atoms with E-state index >= 15 is 0 Å². The SMILES string of the molecule is O=C(NCCOc1ccc(F)cc1)Nc1cccc(NC(=O)NCCOc2ccc(F)cc2)c1. The smallest absolute Gasteiger partial charge is 0.319 e. The largest absolute Gasteiger partial charge is 0.492 e. The van der Waals surface area contributed by atoms with E-state index in [1.54, 1.807) is 24.3 Å². The van der Waals surface area contributed by atoms with E-state index < -0.39 is 12.1 Å². The number of benzene rings is 3. The van der Waals surface area contributed by atoms with Crippen LogP contribution in [0.3, 0.4) is 0 Å². The molecule has 0 aliphatic carbocycles. The number of hydrogen-bond acceptors (Lipinski definition) is 4. The van der Waals surface area contributed by atoms with Gasteiger partial charge >= 0.3 is 12.1 Å². The van der Waals surface area contributed by atoms with Gasteiger partial charge < -0.3 is 30.7 Å². The van der Waals surface area contributed by atoms with Crippen molar-refractivity contribution in [2.75, 3.05) is 36.9 Å². The number of anilines is 2. The molecule has 0 aromatic heterocycles. The molecule has 0 fully saturated rings. The molecule has 178 valence electrons. The number of carbonyl (C=O) groups excluding carboxylic acids is 2. The molecule has 3 rings (SSSR count). The van der Waals surface area contributed by atoms with Gasteiger partial charge in [-0.15, -0.1) is 0 Å². The topological polar surface area (TPSA) is 101 Å². The van der Waals surface area contributed by atoms with Crippen molar-refractivity contribution in [2.24, 2.45) is 0 Å². The van der Waals surface area contributed by atoms with Crippen LogP contribution < -0.4 is 30.7 Å². The second-order valence-electron chi connectivity index (χ2n) is 6.95. The van der Waals surface area contributed by atoms with Gasteiger partial charge in [0.15, 0.2) is 0 Å². The molecule has 8 nitrogen and oxygen atoms in total. The van der Waals surface area contributed by atoms with Crippen molar-refractivity contribution in [2.45, 2.75) is 0 Å². The first-order valence-corrected chi connectivity index (χ1v) is 10.4. The molecular formula is C24H24F2N4O4. The molecule has 4 amide bonds. The highest BCUT2D eigenvalue weighted by atomic mass is 19.1. The van der Waals surface area contributed by atoms with Gasteiger partial charge in [0.1, 0.15) is 36.3 Å². The van der Waals surface area contributed by atoms with E-state index in [0.29, 0.717) is 22.9 Å². The number of rotatable bonds is 10. The van der Waals surface area contributed by atoms with Crippen LogP contribution in [0.4, 0.5) is 29.7 Å². The Morgan fingerprint density at radius 2 is 1.06 bits per heavy atom. The van der Waals surface area contributed by atoms with Crippen LogP contribution in [0.2, 0.25) is 0 Å². The maximum absolute atomic E-state index is 12.9. The summed E-state index contributed by atoms with van der Waals surface area (Å²) in [5.74, 6) is 0.301. The number of carbonyl (C=O) groups is 2. The van der Waals surface area contributed by atoms with Crippen molar-refractivity contribution in [3.8, 4) is 11.5 Å². The first-order chi connectivity index (χ1) is 16.5. The molecule has 0 bridgehead atoms. The summed E-state index contributed by atoms with van der Waals surface area (Å²) < 4.78 is 36.5. The van der Waals surface area contributed by atoms with Crippen LogP contribution in [0.25, 0.3) is 0 Å². The quantitative estimate of drug-likeness (QED) is 0.331. The second-order valence-corrected chi connectivity index (χ2v) is 6.95. The molecule has 10 heteroatoms. The zero-order valence-corrected chi connectivity index (χ0v) is 18.1. The van der Waals surface area contributed by atoms with Gasteiger partial charge in [0, 0.05) is 11.4 Å². The van der Waals surface area contributed by atoms with Crippen LogP contribution in [-0.2, 0) is 0 Å².